The molecule has 2 N–H and O–H groups in total. The maximum absolute atomic E-state index is 10.2. The molecule has 0 aliphatic carbocycles. The van der Waals surface area contributed by atoms with Gasteiger partial charge >= 0.3 is 0 Å². The highest BCUT2D eigenvalue weighted by Gasteiger charge is 2.24. The van der Waals surface area contributed by atoms with E-state index in [4.69, 9.17) is 9.47 Å². The van der Waals surface area contributed by atoms with Gasteiger partial charge in [-0.1, -0.05) is 18.2 Å². The van der Waals surface area contributed by atoms with Gasteiger partial charge in [-0.3, -0.25) is 0 Å². The summed E-state index contributed by atoms with van der Waals surface area (Å²) in [6.45, 7) is 5.70. The highest BCUT2D eigenvalue weighted by Crippen LogP contribution is 2.27. The molecule has 25 heavy (non-hydrogen) atoms. The van der Waals surface area contributed by atoms with Crippen molar-refractivity contribution in [1.29, 1.82) is 0 Å². The minimum atomic E-state index is -0.409. The van der Waals surface area contributed by atoms with Crippen LogP contribution < -0.4 is 14.5 Å². The van der Waals surface area contributed by atoms with Crippen LogP contribution in [0.4, 0.5) is 5.69 Å². The Bertz CT molecular complexity index is 627. The van der Waals surface area contributed by atoms with Gasteiger partial charge < -0.3 is 24.4 Å². The molecule has 0 radical (unpaired) electrons. The van der Waals surface area contributed by atoms with Gasteiger partial charge in [0.1, 0.15) is 18.4 Å². The van der Waals surface area contributed by atoms with Gasteiger partial charge in [0.2, 0.25) is 0 Å². The van der Waals surface area contributed by atoms with E-state index in [1.54, 1.807) is 18.4 Å². The van der Waals surface area contributed by atoms with Crippen LogP contribution in [-0.2, 0) is 11.3 Å². The van der Waals surface area contributed by atoms with Crippen molar-refractivity contribution >= 4 is 17.0 Å². The Kier molecular flexibility index (Phi) is 6.69. The molecule has 1 atom stereocenters. The number of quaternary nitrogens is 1. The minimum Gasteiger partial charge on any atom is -0.495 e. The fourth-order valence-corrected chi connectivity index (χ4v) is 3.88. The van der Waals surface area contributed by atoms with E-state index in [0.717, 1.165) is 44.2 Å². The maximum Gasteiger partial charge on any atom is 0.142 e. The Morgan fingerprint density at radius 2 is 2.00 bits per heavy atom. The van der Waals surface area contributed by atoms with E-state index in [0.29, 0.717) is 13.2 Å². The third-order valence-corrected chi connectivity index (χ3v) is 5.41. The number of rotatable bonds is 8. The number of ether oxygens (including phenoxy) is 2. The smallest absolute Gasteiger partial charge is 0.142 e. The highest BCUT2D eigenvalue weighted by molar-refractivity contribution is 7.09. The molecule has 0 spiro atoms. The van der Waals surface area contributed by atoms with E-state index in [9.17, 15) is 5.11 Å². The zero-order valence-electron chi connectivity index (χ0n) is 14.7. The number of thiophene rings is 1. The van der Waals surface area contributed by atoms with E-state index >= 15 is 0 Å². The number of hydrogen-bond donors (Lipinski definition) is 2. The largest absolute Gasteiger partial charge is 0.495 e. The summed E-state index contributed by atoms with van der Waals surface area (Å²) in [4.78, 5) is 4.99. The second kappa shape index (κ2) is 9.20. The molecule has 1 aliphatic heterocycles. The lowest BCUT2D eigenvalue weighted by Crippen LogP contribution is -3.16. The van der Waals surface area contributed by atoms with Gasteiger partial charge in [0.15, 0.2) is 0 Å². The lowest BCUT2D eigenvalue weighted by Gasteiger charge is -2.35. The summed E-state index contributed by atoms with van der Waals surface area (Å²) in [7, 11) is 1.72. The summed E-state index contributed by atoms with van der Waals surface area (Å²) in [6.07, 6.45) is -0.409. The number of aliphatic hydroxyl groups excluding tert-OH is 1. The fourth-order valence-electron chi connectivity index (χ4n) is 3.24. The molecular formula is C19H27N2O3S+. The number of methoxy groups -OCH3 is 1. The first-order chi connectivity index (χ1) is 12.3. The molecule has 5 nitrogen and oxygen atoms in total. The Hall–Kier alpha value is -1.60. The van der Waals surface area contributed by atoms with Gasteiger partial charge in [-0.25, -0.2) is 0 Å². The number of aliphatic hydroxyl groups is 1. The van der Waals surface area contributed by atoms with E-state index in [-0.39, 0.29) is 0 Å². The molecular weight excluding hydrogens is 336 g/mol. The van der Waals surface area contributed by atoms with Crippen LogP contribution >= 0.6 is 11.3 Å². The standard InChI is InChI=1S/C19H26N2O3S/c1-23-19-7-3-2-6-18(19)21-10-8-20(9-11-21)13-16(22)14-24-15-17-5-4-12-25-17/h2-7,12,16,22H,8-11,13-15H2,1H3/p+1/t16-/m0/s1. The maximum atomic E-state index is 10.2. The van der Waals surface area contributed by atoms with Crippen LogP contribution in [0, 0.1) is 0 Å². The van der Waals surface area contributed by atoms with Gasteiger partial charge in [-0.2, -0.15) is 0 Å². The molecule has 1 aromatic heterocycles. The first kappa shape index (κ1) is 18.2. The quantitative estimate of drug-likeness (QED) is 0.736. The van der Waals surface area contributed by atoms with Crippen LogP contribution in [0.15, 0.2) is 41.8 Å². The zero-order chi connectivity index (χ0) is 17.5. The molecule has 0 unspecified atom stereocenters. The van der Waals surface area contributed by atoms with Crippen molar-refractivity contribution in [3.63, 3.8) is 0 Å². The van der Waals surface area contributed by atoms with Crippen molar-refractivity contribution < 1.29 is 19.5 Å². The summed E-state index contributed by atoms with van der Waals surface area (Å²) in [5.41, 5.74) is 1.16. The number of benzene rings is 1. The van der Waals surface area contributed by atoms with Gasteiger partial charge in [0.05, 0.1) is 52.2 Å². The summed E-state index contributed by atoms with van der Waals surface area (Å²) in [5.74, 6) is 0.924. The lowest BCUT2D eigenvalue weighted by molar-refractivity contribution is -0.903. The van der Waals surface area contributed by atoms with Crippen LogP contribution in [0.5, 0.6) is 5.75 Å². The van der Waals surface area contributed by atoms with E-state index in [1.807, 2.05) is 29.6 Å². The number of nitrogens with zero attached hydrogens (tertiary/aromatic N) is 1. The van der Waals surface area contributed by atoms with Crippen molar-refractivity contribution in [3.05, 3.63) is 46.7 Å². The van der Waals surface area contributed by atoms with Crippen molar-refractivity contribution in [2.45, 2.75) is 12.7 Å². The number of anilines is 1. The Morgan fingerprint density at radius 1 is 1.20 bits per heavy atom. The first-order valence-electron chi connectivity index (χ1n) is 8.76. The molecule has 1 fully saturated rings. The summed E-state index contributed by atoms with van der Waals surface area (Å²) in [6, 6.07) is 12.2. The molecule has 6 heteroatoms. The summed E-state index contributed by atoms with van der Waals surface area (Å²) >= 11 is 1.68. The van der Waals surface area contributed by atoms with Crippen LogP contribution in [0.1, 0.15) is 4.88 Å². The third kappa shape index (κ3) is 5.19. The topological polar surface area (TPSA) is 46.4 Å². The van der Waals surface area contributed by atoms with Crippen LogP contribution in [0.2, 0.25) is 0 Å². The number of piperazine rings is 1. The SMILES string of the molecule is COc1ccccc1N1CC[NH+](C[C@H](O)COCc2cccs2)CC1. The van der Waals surface area contributed by atoms with Gasteiger partial charge in [-0.05, 0) is 23.6 Å². The Morgan fingerprint density at radius 3 is 2.72 bits per heavy atom. The Balaban J connectivity index is 1.40. The van der Waals surface area contributed by atoms with Gasteiger partial charge in [-0.15, -0.1) is 11.3 Å². The summed E-state index contributed by atoms with van der Waals surface area (Å²) in [5, 5.41) is 12.3. The van der Waals surface area contributed by atoms with E-state index in [1.165, 1.54) is 9.78 Å². The molecule has 0 saturated carbocycles. The predicted molar refractivity (Wildman–Crippen MR) is 101 cm³/mol. The zero-order valence-corrected chi connectivity index (χ0v) is 15.5. The van der Waals surface area contributed by atoms with Crippen LogP contribution in [-0.4, -0.2) is 57.7 Å². The second-order valence-electron chi connectivity index (χ2n) is 6.36. The van der Waals surface area contributed by atoms with Crippen molar-refractivity contribution in [3.8, 4) is 5.75 Å². The van der Waals surface area contributed by atoms with Crippen molar-refractivity contribution in [2.24, 2.45) is 0 Å². The molecule has 2 aromatic rings. The minimum absolute atomic E-state index is 0.400. The monoisotopic (exact) mass is 363 g/mol. The van der Waals surface area contributed by atoms with Gasteiger partial charge in [0.25, 0.3) is 0 Å². The fraction of sp³-hybridized carbons (Fsp3) is 0.474. The summed E-state index contributed by atoms with van der Waals surface area (Å²) < 4.78 is 11.1. The van der Waals surface area contributed by atoms with E-state index in [2.05, 4.69) is 17.0 Å². The lowest BCUT2D eigenvalue weighted by atomic mass is 10.2. The van der Waals surface area contributed by atoms with Crippen LogP contribution in [0.3, 0.4) is 0 Å². The first-order valence-corrected chi connectivity index (χ1v) is 9.64. The average Bonchev–Trinajstić information content (AvgIpc) is 3.16. The number of hydrogen-bond acceptors (Lipinski definition) is 5. The van der Waals surface area contributed by atoms with Gasteiger partial charge in [0, 0.05) is 4.88 Å². The van der Waals surface area contributed by atoms with E-state index < -0.39 is 6.10 Å². The molecule has 3 rings (SSSR count). The molecule has 0 amide bonds. The Labute approximate surface area is 153 Å². The normalized spacial score (nSPS) is 16.8. The molecule has 0 bridgehead atoms. The van der Waals surface area contributed by atoms with Crippen molar-refractivity contribution in [2.75, 3.05) is 51.3 Å². The second-order valence-corrected chi connectivity index (χ2v) is 7.39. The molecule has 1 saturated heterocycles. The number of nitrogens with one attached hydrogen (secondary N) is 1. The molecule has 2 heterocycles. The highest BCUT2D eigenvalue weighted by atomic mass is 32.1. The van der Waals surface area contributed by atoms with Crippen molar-refractivity contribution in [1.82, 2.24) is 0 Å². The van der Waals surface area contributed by atoms with Crippen LogP contribution in [0.25, 0.3) is 0 Å². The average molecular weight is 364 g/mol. The number of para-hydroxylation sites is 2. The molecule has 1 aromatic carbocycles. The molecule has 1 aliphatic rings. The predicted octanol–water partition coefficient (Wildman–Crippen LogP) is 1.04. The third-order valence-electron chi connectivity index (χ3n) is 4.56. The molecule has 136 valence electrons.